The van der Waals surface area contributed by atoms with Crippen LogP contribution < -0.4 is 20.5 Å². The minimum atomic E-state index is -0.640. The largest absolute Gasteiger partial charge is 0.487 e. The molecule has 2 aromatic carbocycles. The predicted octanol–water partition coefficient (Wildman–Crippen LogP) is 5.46. The maximum Gasteiger partial charge on any atom is 0.407 e. The zero-order chi connectivity index (χ0) is 29.6. The van der Waals surface area contributed by atoms with Gasteiger partial charge in [-0.1, -0.05) is 74.0 Å². The van der Waals surface area contributed by atoms with Crippen molar-refractivity contribution in [1.82, 2.24) is 14.9 Å². The fourth-order valence-corrected chi connectivity index (χ4v) is 5.02. The summed E-state index contributed by atoms with van der Waals surface area (Å²) in [6.07, 6.45) is 2.69. The van der Waals surface area contributed by atoms with Crippen LogP contribution in [-0.4, -0.2) is 53.5 Å². The molecule has 0 saturated heterocycles. The number of nitrogens with one attached hydrogen (secondary N) is 1. The van der Waals surface area contributed by atoms with E-state index < -0.39 is 11.7 Å². The smallest absolute Gasteiger partial charge is 0.407 e. The number of amides is 2. The van der Waals surface area contributed by atoms with Crippen molar-refractivity contribution in [3.8, 4) is 5.75 Å². The second-order valence-corrected chi connectivity index (χ2v) is 11.7. The molecular weight excluding hydrogens is 588 g/mol. The van der Waals surface area contributed by atoms with E-state index in [0.29, 0.717) is 11.1 Å². The topological polar surface area (TPSA) is 93.1 Å². The molecule has 1 aliphatic rings. The monoisotopic (exact) mass is 624 g/mol. The van der Waals surface area contributed by atoms with Gasteiger partial charge in [-0.3, -0.25) is 19.3 Å². The quantitative estimate of drug-likeness (QED) is 0.301. The number of benzene rings is 2. The molecule has 0 aliphatic carbocycles. The fraction of sp³-hybridized carbons (Fsp3) is 0.387. The first-order valence-electron chi connectivity index (χ1n) is 13.8. The summed E-state index contributed by atoms with van der Waals surface area (Å²) >= 11 is 3.41. The Labute approximate surface area is 249 Å². The highest BCUT2D eigenvalue weighted by atomic mass is 79.9. The van der Waals surface area contributed by atoms with Gasteiger partial charge in [0.1, 0.15) is 12.3 Å². The van der Waals surface area contributed by atoms with Crippen LogP contribution in [0.25, 0.3) is 0 Å². The van der Waals surface area contributed by atoms with Crippen molar-refractivity contribution in [2.75, 3.05) is 31.4 Å². The van der Waals surface area contributed by atoms with Crippen molar-refractivity contribution < 1.29 is 19.1 Å². The third-order valence-corrected chi connectivity index (χ3v) is 7.07. The highest BCUT2D eigenvalue weighted by molar-refractivity contribution is 9.10. The SMILES string of the molecule is CCCCOc1c2n(cc(Br)c1=O)N(C(c1ccccc1)c1ccccc1)CN(CCNC(=O)OC(C)(C)C)C2=O. The summed E-state index contributed by atoms with van der Waals surface area (Å²) in [5.74, 6) is -0.351. The molecule has 0 atom stereocenters. The molecule has 41 heavy (non-hydrogen) atoms. The molecule has 9 nitrogen and oxygen atoms in total. The molecule has 1 aliphatic heterocycles. The number of fused-ring (bicyclic) bond motifs is 1. The van der Waals surface area contributed by atoms with E-state index >= 15 is 0 Å². The van der Waals surface area contributed by atoms with Gasteiger partial charge in [0, 0.05) is 19.3 Å². The van der Waals surface area contributed by atoms with Crippen LogP contribution in [0.1, 0.15) is 68.2 Å². The summed E-state index contributed by atoms with van der Waals surface area (Å²) in [4.78, 5) is 41.2. The number of pyridine rings is 1. The molecule has 0 saturated carbocycles. The highest BCUT2D eigenvalue weighted by Crippen LogP contribution is 2.33. The Morgan fingerprint density at radius 2 is 1.63 bits per heavy atom. The number of aromatic nitrogens is 1. The number of nitrogens with zero attached hydrogens (tertiary/aromatic N) is 3. The van der Waals surface area contributed by atoms with Gasteiger partial charge in [0.15, 0.2) is 11.4 Å². The predicted molar refractivity (Wildman–Crippen MR) is 162 cm³/mol. The molecule has 1 N–H and O–H groups in total. The Kier molecular flexibility index (Phi) is 9.75. The van der Waals surface area contributed by atoms with Gasteiger partial charge in [-0.25, -0.2) is 4.79 Å². The lowest BCUT2D eigenvalue weighted by molar-refractivity contribution is 0.0506. The normalized spacial score (nSPS) is 13.3. The summed E-state index contributed by atoms with van der Waals surface area (Å²) in [5.41, 5.74) is 1.14. The standard InChI is InChI=1S/C31H37BrN4O5/c1-5-6-19-40-28-26-29(38)34(18-17-33-30(39)41-31(2,3)4)21-36(35(26)20-24(32)27(28)37)25(22-13-9-7-10-14-22)23-15-11-8-12-16-23/h7-16,20,25H,5-6,17-19,21H2,1-4H3,(H,33,39). The van der Waals surface area contributed by atoms with Gasteiger partial charge in [0.2, 0.25) is 5.43 Å². The van der Waals surface area contributed by atoms with Crippen LogP contribution in [-0.2, 0) is 4.74 Å². The second-order valence-electron chi connectivity index (χ2n) is 10.8. The minimum absolute atomic E-state index is 0.00694. The first-order valence-corrected chi connectivity index (χ1v) is 14.6. The van der Waals surface area contributed by atoms with E-state index in [0.717, 1.165) is 24.0 Å². The van der Waals surface area contributed by atoms with Crippen molar-refractivity contribution in [3.63, 3.8) is 0 Å². The van der Waals surface area contributed by atoms with Crippen LogP contribution in [0.15, 0.2) is 76.1 Å². The average Bonchev–Trinajstić information content (AvgIpc) is 2.93. The van der Waals surface area contributed by atoms with Crippen LogP contribution in [0, 0.1) is 0 Å². The summed E-state index contributed by atoms with van der Waals surface area (Å²) in [7, 11) is 0. The molecule has 2 heterocycles. The number of carbonyl (C=O) groups is 2. The zero-order valence-corrected chi connectivity index (χ0v) is 25.5. The van der Waals surface area contributed by atoms with E-state index in [1.54, 1.807) is 36.5 Å². The lowest BCUT2D eigenvalue weighted by Gasteiger charge is -2.44. The Morgan fingerprint density at radius 3 is 2.20 bits per heavy atom. The average molecular weight is 626 g/mol. The van der Waals surface area contributed by atoms with Crippen LogP contribution >= 0.6 is 15.9 Å². The number of rotatable bonds is 10. The van der Waals surface area contributed by atoms with E-state index in [1.807, 2.05) is 72.6 Å². The van der Waals surface area contributed by atoms with Crippen molar-refractivity contribution >= 4 is 27.9 Å². The summed E-state index contributed by atoms with van der Waals surface area (Å²) in [6, 6.07) is 19.7. The molecule has 4 rings (SSSR count). The van der Waals surface area contributed by atoms with Crippen molar-refractivity contribution in [3.05, 3.63) is 98.4 Å². The maximum absolute atomic E-state index is 14.0. The molecule has 0 bridgehead atoms. The summed E-state index contributed by atoms with van der Waals surface area (Å²) < 4.78 is 13.4. The van der Waals surface area contributed by atoms with Gasteiger partial charge in [-0.2, -0.15) is 0 Å². The molecule has 1 aromatic heterocycles. The van der Waals surface area contributed by atoms with Crippen molar-refractivity contribution in [2.45, 2.75) is 52.2 Å². The van der Waals surface area contributed by atoms with Gasteiger partial charge in [0.25, 0.3) is 5.91 Å². The number of unbranched alkanes of at least 4 members (excludes halogenated alkanes) is 1. The summed E-state index contributed by atoms with van der Waals surface area (Å²) in [6.45, 7) is 8.27. The van der Waals surface area contributed by atoms with Crippen molar-refractivity contribution in [2.24, 2.45) is 0 Å². The molecule has 0 radical (unpaired) electrons. The van der Waals surface area contributed by atoms with Gasteiger partial charge in [-0.05, 0) is 54.2 Å². The van der Waals surface area contributed by atoms with Crippen LogP contribution in [0.5, 0.6) is 5.75 Å². The third kappa shape index (κ3) is 7.30. The van der Waals surface area contributed by atoms with Gasteiger partial charge in [0.05, 0.1) is 17.1 Å². The zero-order valence-electron chi connectivity index (χ0n) is 23.9. The fourth-order valence-electron chi connectivity index (χ4n) is 4.65. The number of alkyl carbamates (subject to hydrolysis) is 1. The Bertz CT molecular complexity index is 1370. The van der Waals surface area contributed by atoms with Gasteiger partial charge >= 0.3 is 6.09 Å². The van der Waals surface area contributed by atoms with E-state index in [2.05, 4.69) is 21.2 Å². The van der Waals surface area contributed by atoms with E-state index in [1.165, 1.54) is 0 Å². The molecular formula is C31H37BrN4O5. The Hall–Kier alpha value is -3.79. The molecule has 3 aromatic rings. The molecule has 218 valence electrons. The van der Waals surface area contributed by atoms with E-state index in [9.17, 15) is 14.4 Å². The number of carbonyl (C=O) groups excluding carboxylic acids is 2. The first-order chi connectivity index (χ1) is 19.6. The number of halogens is 1. The Balaban J connectivity index is 1.79. The number of hydrogen-bond acceptors (Lipinski definition) is 6. The first kappa shape index (κ1) is 30.2. The van der Waals surface area contributed by atoms with Crippen molar-refractivity contribution in [1.29, 1.82) is 0 Å². The number of hydrogen-bond donors (Lipinski definition) is 1. The Morgan fingerprint density at radius 1 is 1.02 bits per heavy atom. The van der Waals surface area contributed by atoms with E-state index in [4.69, 9.17) is 9.47 Å². The highest BCUT2D eigenvalue weighted by Gasteiger charge is 2.37. The maximum atomic E-state index is 14.0. The van der Waals surface area contributed by atoms with Crippen LogP contribution in [0.2, 0.25) is 0 Å². The minimum Gasteiger partial charge on any atom is -0.487 e. The number of ether oxygens (including phenoxy) is 2. The lowest BCUT2D eigenvalue weighted by atomic mass is 9.98. The van der Waals surface area contributed by atoms with Gasteiger partial charge < -0.3 is 19.7 Å². The van der Waals surface area contributed by atoms with Gasteiger partial charge in [-0.15, -0.1) is 0 Å². The summed E-state index contributed by atoms with van der Waals surface area (Å²) in [5, 5.41) is 4.77. The third-order valence-electron chi connectivity index (χ3n) is 6.51. The molecule has 0 unspecified atom stereocenters. The molecule has 0 fully saturated rings. The molecule has 0 spiro atoms. The van der Waals surface area contributed by atoms with Crippen LogP contribution in [0.3, 0.4) is 0 Å². The molecule has 10 heteroatoms. The molecule has 2 amide bonds. The lowest BCUT2D eigenvalue weighted by Crippen LogP contribution is -2.57. The van der Waals surface area contributed by atoms with Crippen LogP contribution in [0.4, 0.5) is 4.79 Å². The second kappa shape index (κ2) is 13.2. The van der Waals surface area contributed by atoms with E-state index in [-0.39, 0.29) is 48.6 Å².